The maximum absolute atomic E-state index is 11.9. The molecule has 0 bridgehead atoms. The molecule has 108 valence electrons. The molecule has 1 rings (SSSR count). The summed E-state index contributed by atoms with van der Waals surface area (Å²) in [6.45, 7) is 4.99. The van der Waals surface area contributed by atoms with Crippen LogP contribution in [0.15, 0.2) is 0 Å². The standard InChI is InChI=1S/C12H22F3NO2/c1-8-4-11(5-9(2)17-8)18-10(3)6-16-7-12(13,14)15/h8-11,16H,4-7H2,1-3H3. The molecule has 1 N–H and O–H groups in total. The molecule has 0 saturated carbocycles. The van der Waals surface area contributed by atoms with E-state index in [-0.39, 0.29) is 31.0 Å². The lowest BCUT2D eigenvalue weighted by atomic mass is 10.0. The summed E-state index contributed by atoms with van der Waals surface area (Å²) in [6, 6.07) is 0. The van der Waals surface area contributed by atoms with Gasteiger partial charge < -0.3 is 14.8 Å². The first-order valence-electron chi connectivity index (χ1n) is 6.34. The van der Waals surface area contributed by atoms with Crippen LogP contribution in [0.4, 0.5) is 13.2 Å². The Hall–Kier alpha value is -0.330. The molecule has 1 saturated heterocycles. The number of alkyl halides is 3. The summed E-state index contributed by atoms with van der Waals surface area (Å²) >= 11 is 0. The fourth-order valence-corrected chi connectivity index (χ4v) is 2.25. The first-order chi connectivity index (χ1) is 8.26. The molecule has 3 nitrogen and oxygen atoms in total. The van der Waals surface area contributed by atoms with Crippen LogP contribution in [-0.4, -0.2) is 43.7 Å². The minimum Gasteiger partial charge on any atom is -0.375 e. The molecule has 6 heteroatoms. The van der Waals surface area contributed by atoms with E-state index in [1.165, 1.54) is 0 Å². The zero-order chi connectivity index (χ0) is 13.8. The van der Waals surface area contributed by atoms with Crippen LogP contribution < -0.4 is 5.32 Å². The van der Waals surface area contributed by atoms with Gasteiger partial charge in [0.15, 0.2) is 0 Å². The van der Waals surface area contributed by atoms with Gasteiger partial charge in [-0.3, -0.25) is 0 Å². The van der Waals surface area contributed by atoms with E-state index in [0.717, 1.165) is 12.8 Å². The van der Waals surface area contributed by atoms with Crippen LogP contribution in [0.3, 0.4) is 0 Å². The number of nitrogens with one attached hydrogen (secondary N) is 1. The summed E-state index contributed by atoms with van der Waals surface area (Å²) in [5.74, 6) is 0. The monoisotopic (exact) mass is 269 g/mol. The highest BCUT2D eigenvalue weighted by atomic mass is 19.4. The number of halogens is 3. The van der Waals surface area contributed by atoms with Gasteiger partial charge >= 0.3 is 6.18 Å². The van der Waals surface area contributed by atoms with Crippen molar-refractivity contribution in [2.24, 2.45) is 0 Å². The molecule has 0 amide bonds. The minimum absolute atomic E-state index is 0.0754. The van der Waals surface area contributed by atoms with Crippen molar-refractivity contribution in [3.8, 4) is 0 Å². The average Bonchev–Trinajstić information content (AvgIpc) is 2.12. The maximum Gasteiger partial charge on any atom is 0.401 e. The quantitative estimate of drug-likeness (QED) is 0.832. The summed E-state index contributed by atoms with van der Waals surface area (Å²) in [6.07, 6.45) is -2.42. The summed E-state index contributed by atoms with van der Waals surface area (Å²) in [5.41, 5.74) is 0. The van der Waals surface area contributed by atoms with E-state index in [1.54, 1.807) is 6.92 Å². The predicted molar refractivity (Wildman–Crippen MR) is 62.5 cm³/mol. The fraction of sp³-hybridized carbons (Fsp3) is 1.00. The summed E-state index contributed by atoms with van der Waals surface area (Å²) in [7, 11) is 0. The van der Waals surface area contributed by atoms with Gasteiger partial charge in [-0.1, -0.05) is 0 Å². The summed E-state index contributed by atoms with van der Waals surface area (Å²) in [4.78, 5) is 0. The molecule has 1 aliphatic rings. The molecule has 3 atom stereocenters. The molecule has 1 heterocycles. The Morgan fingerprint density at radius 1 is 1.28 bits per heavy atom. The second-order valence-electron chi connectivity index (χ2n) is 5.04. The largest absolute Gasteiger partial charge is 0.401 e. The van der Waals surface area contributed by atoms with Crippen LogP contribution in [0.1, 0.15) is 33.6 Å². The molecule has 0 aliphatic carbocycles. The van der Waals surface area contributed by atoms with Crippen LogP contribution in [0.5, 0.6) is 0 Å². The first kappa shape index (κ1) is 15.7. The lowest BCUT2D eigenvalue weighted by Gasteiger charge is -2.33. The molecule has 1 aliphatic heterocycles. The SMILES string of the molecule is CC1CC(OC(C)CNCC(F)(F)F)CC(C)O1. The first-order valence-corrected chi connectivity index (χ1v) is 6.34. The minimum atomic E-state index is -4.17. The highest BCUT2D eigenvalue weighted by Crippen LogP contribution is 2.22. The molecule has 0 radical (unpaired) electrons. The van der Waals surface area contributed by atoms with E-state index in [2.05, 4.69) is 5.32 Å². The van der Waals surface area contributed by atoms with Crippen LogP contribution in [-0.2, 0) is 9.47 Å². The molecule has 0 aromatic rings. The van der Waals surface area contributed by atoms with Crippen molar-refractivity contribution in [1.82, 2.24) is 5.32 Å². The van der Waals surface area contributed by atoms with E-state index in [0.29, 0.717) is 0 Å². The highest BCUT2D eigenvalue weighted by Gasteiger charge is 2.28. The third-order valence-electron chi connectivity index (χ3n) is 2.84. The molecule has 0 aromatic carbocycles. The van der Waals surface area contributed by atoms with E-state index in [1.807, 2.05) is 13.8 Å². The Morgan fingerprint density at radius 3 is 2.33 bits per heavy atom. The molecule has 3 unspecified atom stereocenters. The second kappa shape index (κ2) is 6.73. The molecule has 18 heavy (non-hydrogen) atoms. The van der Waals surface area contributed by atoms with Crippen molar-refractivity contribution in [1.29, 1.82) is 0 Å². The van der Waals surface area contributed by atoms with Gasteiger partial charge in [0, 0.05) is 6.54 Å². The number of hydrogen-bond acceptors (Lipinski definition) is 3. The zero-order valence-corrected chi connectivity index (χ0v) is 11.1. The van der Waals surface area contributed by atoms with Gasteiger partial charge in [-0.05, 0) is 33.6 Å². The van der Waals surface area contributed by atoms with Gasteiger partial charge in [-0.25, -0.2) is 0 Å². The third-order valence-corrected chi connectivity index (χ3v) is 2.84. The van der Waals surface area contributed by atoms with E-state index in [4.69, 9.17) is 9.47 Å². The molecule has 0 spiro atoms. The topological polar surface area (TPSA) is 30.5 Å². The van der Waals surface area contributed by atoms with Crippen LogP contribution >= 0.6 is 0 Å². The van der Waals surface area contributed by atoms with Gasteiger partial charge in [0.2, 0.25) is 0 Å². The smallest absolute Gasteiger partial charge is 0.375 e. The molecular formula is C12H22F3NO2. The van der Waals surface area contributed by atoms with E-state index in [9.17, 15) is 13.2 Å². The normalized spacial score (nSPS) is 31.3. The van der Waals surface area contributed by atoms with Gasteiger partial charge in [0.1, 0.15) is 0 Å². The third kappa shape index (κ3) is 6.56. The average molecular weight is 269 g/mol. The van der Waals surface area contributed by atoms with E-state index < -0.39 is 12.7 Å². The van der Waals surface area contributed by atoms with Gasteiger partial charge in [0.05, 0.1) is 31.0 Å². The van der Waals surface area contributed by atoms with Crippen LogP contribution in [0.2, 0.25) is 0 Å². The molecule has 1 fully saturated rings. The Bertz CT molecular complexity index is 238. The maximum atomic E-state index is 11.9. The summed E-state index contributed by atoms with van der Waals surface area (Å²) < 4.78 is 47.2. The Kier molecular flexibility index (Phi) is 5.88. The Labute approximate surface area is 106 Å². The second-order valence-corrected chi connectivity index (χ2v) is 5.04. The number of rotatable bonds is 5. The predicted octanol–water partition coefficient (Wildman–Crippen LogP) is 2.50. The van der Waals surface area contributed by atoms with Crippen molar-refractivity contribution in [2.45, 2.75) is 64.2 Å². The van der Waals surface area contributed by atoms with Gasteiger partial charge in [0.25, 0.3) is 0 Å². The van der Waals surface area contributed by atoms with Gasteiger partial charge in [-0.2, -0.15) is 13.2 Å². The fourth-order valence-electron chi connectivity index (χ4n) is 2.25. The molecular weight excluding hydrogens is 247 g/mol. The van der Waals surface area contributed by atoms with Crippen molar-refractivity contribution < 1.29 is 22.6 Å². The van der Waals surface area contributed by atoms with E-state index >= 15 is 0 Å². The van der Waals surface area contributed by atoms with Crippen LogP contribution in [0, 0.1) is 0 Å². The Morgan fingerprint density at radius 2 is 1.83 bits per heavy atom. The number of hydrogen-bond donors (Lipinski definition) is 1. The highest BCUT2D eigenvalue weighted by molar-refractivity contribution is 4.75. The lowest BCUT2D eigenvalue weighted by molar-refractivity contribution is -0.131. The van der Waals surface area contributed by atoms with Crippen molar-refractivity contribution >= 4 is 0 Å². The van der Waals surface area contributed by atoms with Gasteiger partial charge in [-0.15, -0.1) is 0 Å². The van der Waals surface area contributed by atoms with Crippen molar-refractivity contribution in [3.63, 3.8) is 0 Å². The Balaban J connectivity index is 2.21. The summed E-state index contributed by atoms with van der Waals surface area (Å²) in [5, 5.41) is 2.36. The lowest BCUT2D eigenvalue weighted by Crippen LogP contribution is -2.39. The zero-order valence-electron chi connectivity index (χ0n) is 11.1. The van der Waals surface area contributed by atoms with Crippen LogP contribution in [0.25, 0.3) is 0 Å². The van der Waals surface area contributed by atoms with Crippen molar-refractivity contribution in [3.05, 3.63) is 0 Å². The molecule has 0 aromatic heterocycles. The van der Waals surface area contributed by atoms with Crippen molar-refractivity contribution in [2.75, 3.05) is 13.1 Å². The number of ether oxygens (including phenoxy) is 2.